The van der Waals surface area contributed by atoms with Crippen molar-refractivity contribution in [3.8, 4) is 0 Å². The Kier molecular flexibility index (Phi) is 6.03. The van der Waals surface area contributed by atoms with E-state index < -0.39 is 18.5 Å². The monoisotopic (exact) mass is 208 g/mol. The van der Waals surface area contributed by atoms with E-state index in [2.05, 4.69) is 16.1 Å². The van der Waals surface area contributed by atoms with Crippen molar-refractivity contribution >= 4 is 5.97 Å². The number of carbonyl (C=O) groups is 1. The average molecular weight is 208 g/mol. The van der Waals surface area contributed by atoms with Gasteiger partial charge in [0.2, 0.25) is 0 Å². The molecule has 82 valence electrons. The number of hydrogen-bond acceptors (Lipinski definition) is 3. The molecule has 0 aliphatic heterocycles. The number of rotatable bonds is 7. The lowest BCUT2D eigenvalue weighted by atomic mass is 10.3. The third-order valence-electron chi connectivity index (χ3n) is 1.32. The highest BCUT2D eigenvalue weighted by Gasteiger charge is 2.40. The lowest BCUT2D eigenvalue weighted by Crippen LogP contribution is -2.35. The Labute approximate surface area is 81.7 Å². The summed E-state index contributed by atoms with van der Waals surface area (Å²) in [5.74, 6) is -5.10. The fourth-order valence-corrected chi connectivity index (χ4v) is 0.663. The highest BCUT2D eigenvalue weighted by Crippen LogP contribution is 2.15. The molecule has 0 aliphatic rings. The van der Waals surface area contributed by atoms with E-state index in [0.29, 0.717) is 6.42 Å². The quantitative estimate of drug-likeness (QED) is 0.363. The molecule has 0 atom stereocenters. The molecule has 0 radical (unpaired) electrons. The van der Waals surface area contributed by atoms with Crippen LogP contribution in [0.5, 0.6) is 0 Å². The number of carbonyl (C=O) groups excluding carboxylic acids is 1. The Balaban J connectivity index is 3.81. The van der Waals surface area contributed by atoms with Crippen LogP contribution in [-0.4, -0.2) is 31.7 Å². The highest BCUT2D eigenvalue weighted by molar-refractivity contribution is 5.77. The molecule has 0 N–H and O–H groups in total. The molecule has 0 bridgehead atoms. The van der Waals surface area contributed by atoms with Crippen LogP contribution in [0.25, 0.3) is 0 Å². The third-order valence-corrected chi connectivity index (χ3v) is 1.32. The zero-order chi connectivity index (χ0) is 11.0. The van der Waals surface area contributed by atoms with Crippen LogP contribution in [0.4, 0.5) is 8.78 Å². The fourth-order valence-electron chi connectivity index (χ4n) is 0.663. The first-order chi connectivity index (χ1) is 6.54. The van der Waals surface area contributed by atoms with Gasteiger partial charge < -0.3 is 9.47 Å². The van der Waals surface area contributed by atoms with Gasteiger partial charge in [0.1, 0.15) is 6.61 Å². The first kappa shape index (κ1) is 13.0. The first-order valence-corrected chi connectivity index (χ1v) is 4.28. The molecule has 0 heterocycles. The van der Waals surface area contributed by atoms with Crippen molar-refractivity contribution in [1.82, 2.24) is 0 Å². The summed E-state index contributed by atoms with van der Waals surface area (Å²) in [4.78, 5) is 10.7. The standard InChI is InChI=1S/C9H14F2O3/c1-3-5-6-13-7-9(10,11)8(12)14-4-2/h3H,1,4-7H2,2H3. The zero-order valence-electron chi connectivity index (χ0n) is 8.09. The van der Waals surface area contributed by atoms with Crippen molar-refractivity contribution in [2.45, 2.75) is 19.3 Å². The van der Waals surface area contributed by atoms with Crippen LogP contribution in [0.3, 0.4) is 0 Å². The summed E-state index contributed by atoms with van der Waals surface area (Å²) >= 11 is 0. The lowest BCUT2D eigenvalue weighted by Gasteiger charge is -2.14. The van der Waals surface area contributed by atoms with Gasteiger partial charge in [0.25, 0.3) is 0 Å². The smallest absolute Gasteiger partial charge is 0.379 e. The second kappa shape index (κ2) is 6.48. The van der Waals surface area contributed by atoms with Crippen molar-refractivity contribution in [2.24, 2.45) is 0 Å². The minimum absolute atomic E-state index is 0.0684. The molecule has 0 aromatic carbocycles. The Morgan fingerprint density at radius 1 is 1.57 bits per heavy atom. The predicted octanol–water partition coefficient (Wildman–Crippen LogP) is 1.78. The largest absolute Gasteiger partial charge is 0.461 e. The molecule has 5 heteroatoms. The molecule has 0 unspecified atom stereocenters. The number of alkyl halides is 2. The van der Waals surface area contributed by atoms with Crippen LogP contribution < -0.4 is 0 Å². The van der Waals surface area contributed by atoms with Crippen LogP contribution >= 0.6 is 0 Å². The van der Waals surface area contributed by atoms with E-state index in [0.717, 1.165) is 0 Å². The summed E-state index contributed by atoms with van der Waals surface area (Å²) in [6.45, 7) is 3.98. The van der Waals surface area contributed by atoms with Crippen LogP contribution in [0, 0.1) is 0 Å². The summed E-state index contributed by atoms with van der Waals surface area (Å²) in [6, 6.07) is 0. The molecule has 14 heavy (non-hydrogen) atoms. The van der Waals surface area contributed by atoms with Gasteiger partial charge in [-0.25, -0.2) is 4.79 Å². The van der Waals surface area contributed by atoms with Gasteiger partial charge in [-0.1, -0.05) is 6.08 Å². The number of esters is 1. The van der Waals surface area contributed by atoms with Crippen LogP contribution in [-0.2, 0) is 14.3 Å². The molecule has 0 aromatic rings. The van der Waals surface area contributed by atoms with Gasteiger partial charge in [0, 0.05) is 0 Å². The fraction of sp³-hybridized carbons (Fsp3) is 0.667. The number of hydrogen-bond donors (Lipinski definition) is 0. The van der Waals surface area contributed by atoms with Crippen LogP contribution in [0.1, 0.15) is 13.3 Å². The van der Waals surface area contributed by atoms with E-state index in [4.69, 9.17) is 0 Å². The summed E-state index contributed by atoms with van der Waals surface area (Å²) in [7, 11) is 0. The van der Waals surface area contributed by atoms with E-state index >= 15 is 0 Å². The topological polar surface area (TPSA) is 35.5 Å². The van der Waals surface area contributed by atoms with Crippen molar-refractivity contribution in [3.05, 3.63) is 12.7 Å². The second-order valence-corrected chi connectivity index (χ2v) is 2.55. The van der Waals surface area contributed by atoms with Crippen molar-refractivity contribution in [3.63, 3.8) is 0 Å². The Morgan fingerprint density at radius 3 is 2.71 bits per heavy atom. The molecule has 0 fully saturated rings. The highest BCUT2D eigenvalue weighted by atomic mass is 19.3. The van der Waals surface area contributed by atoms with E-state index in [9.17, 15) is 13.6 Å². The van der Waals surface area contributed by atoms with E-state index in [1.54, 1.807) is 6.08 Å². The SMILES string of the molecule is C=CCCOCC(F)(F)C(=O)OCC. The van der Waals surface area contributed by atoms with E-state index in [1.807, 2.05) is 0 Å². The molecule has 0 rings (SSSR count). The van der Waals surface area contributed by atoms with Gasteiger partial charge in [-0.2, -0.15) is 8.78 Å². The number of ether oxygens (including phenoxy) is 2. The number of halogens is 2. The van der Waals surface area contributed by atoms with E-state index in [-0.39, 0.29) is 13.2 Å². The Hall–Kier alpha value is -0.970. The van der Waals surface area contributed by atoms with Gasteiger partial charge in [0.15, 0.2) is 0 Å². The lowest BCUT2D eigenvalue weighted by molar-refractivity contribution is -0.179. The van der Waals surface area contributed by atoms with Gasteiger partial charge in [-0.05, 0) is 13.3 Å². The van der Waals surface area contributed by atoms with Crippen LogP contribution in [0.15, 0.2) is 12.7 Å². The normalized spacial score (nSPS) is 11.1. The molecular weight excluding hydrogens is 194 g/mol. The van der Waals surface area contributed by atoms with Gasteiger partial charge in [0.05, 0.1) is 13.2 Å². The van der Waals surface area contributed by atoms with Gasteiger partial charge in [-0.15, -0.1) is 6.58 Å². The first-order valence-electron chi connectivity index (χ1n) is 4.28. The molecule has 0 aromatic heterocycles. The summed E-state index contributed by atoms with van der Waals surface area (Å²) in [6.07, 6.45) is 2.02. The summed E-state index contributed by atoms with van der Waals surface area (Å²) < 4.78 is 34.4. The minimum Gasteiger partial charge on any atom is -0.461 e. The molecular formula is C9H14F2O3. The minimum atomic E-state index is -3.56. The Bertz CT molecular complexity index is 192. The maximum atomic E-state index is 12.8. The van der Waals surface area contributed by atoms with Crippen molar-refractivity contribution in [1.29, 1.82) is 0 Å². The van der Waals surface area contributed by atoms with E-state index in [1.165, 1.54) is 6.92 Å². The maximum Gasteiger partial charge on any atom is 0.379 e. The molecule has 0 saturated heterocycles. The zero-order valence-corrected chi connectivity index (χ0v) is 8.09. The molecule has 0 saturated carbocycles. The van der Waals surface area contributed by atoms with Crippen LogP contribution in [0.2, 0.25) is 0 Å². The predicted molar refractivity (Wildman–Crippen MR) is 47.2 cm³/mol. The molecule has 0 aliphatic carbocycles. The van der Waals surface area contributed by atoms with Crippen molar-refractivity contribution < 1.29 is 23.0 Å². The second-order valence-electron chi connectivity index (χ2n) is 2.55. The molecule has 3 nitrogen and oxygen atoms in total. The maximum absolute atomic E-state index is 12.8. The average Bonchev–Trinajstić information content (AvgIpc) is 2.13. The summed E-state index contributed by atoms with van der Waals surface area (Å²) in [5.41, 5.74) is 0. The Morgan fingerprint density at radius 2 is 2.21 bits per heavy atom. The van der Waals surface area contributed by atoms with Gasteiger partial charge >= 0.3 is 11.9 Å². The molecule has 0 amide bonds. The third kappa shape index (κ3) is 4.91. The van der Waals surface area contributed by atoms with Crippen molar-refractivity contribution in [2.75, 3.05) is 19.8 Å². The summed E-state index contributed by atoms with van der Waals surface area (Å²) in [5, 5.41) is 0. The molecule has 0 spiro atoms. The van der Waals surface area contributed by atoms with Gasteiger partial charge in [-0.3, -0.25) is 0 Å².